The molecule has 3 heterocycles. The van der Waals surface area contributed by atoms with Crippen LogP contribution in [0.2, 0.25) is 0 Å². The summed E-state index contributed by atoms with van der Waals surface area (Å²) >= 11 is 2.55. The molecule has 0 saturated heterocycles. The van der Waals surface area contributed by atoms with Gasteiger partial charge in [-0.1, -0.05) is 30.0 Å². The number of aromatic nitrogens is 3. The fourth-order valence-corrected chi connectivity index (χ4v) is 6.16. The number of nitrogens with two attached hydrogens (primary N) is 1. The number of thioether (sulfide) groups is 1. The SMILES string of the molecule is Cc1ccc(-n2c(SCC(=O)Nc3sc4c(c3C(N)=O)CCC4)nc3ccccc3c2=O)nc1. The number of carbonyl (C=O) groups excluding carboxylic acids is 2. The molecule has 1 aromatic carbocycles. The molecule has 34 heavy (non-hydrogen) atoms. The van der Waals surface area contributed by atoms with Gasteiger partial charge in [-0.3, -0.25) is 14.4 Å². The number of fused-ring (bicyclic) bond motifs is 2. The predicted molar refractivity (Wildman–Crippen MR) is 134 cm³/mol. The predicted octanol–water partition coefficient (Wildman–Crippen LogP) is 3.47. The summed E-state index contributed by atoms with van der Waals surface area (Å²) in [6, 6.07) is 10.7. The van der Waals surface area contributed by atoms with Crippen molar-refractivity contribution >= 4 is 50.8 Å². The van der Waals surface area contributed by atoms with Gasteiger partial charge in [0.1, 0.15) is 10.8 Å². The Labute approximate surface area is 203 Å². The largest absolute Gasteiger partial charge is 0.365 e. The molecule has 4 aromatic rings. The highest BCUT2D eigenvalue weighted by Crippen LogP contribution is 2.39. The summed E-state index contributed by atoms with van der Waals surface area (Å²) in [5, 5.41) is 4.16. The van der Waals surface area contributed by atoms with Crippen LogP contribution in [0.3, 0.4) is 0 Å². The molecule has 1 aliphatic rings. The number of thiophene rings is 1. The zero-order valence-electron chi connectivity index (χ0n) is 18.3. The number of pyridine rings is 1. The number of amides is 2. The number of benzene rings is 1. The third kappa shape index (κ3) is 4.10. The molecular formula is C24H21N5O3S2. The first-order valence-corrected chi connectivity index (χ1v) is 12.5. The molecule has 10 heteroatoms. The molecule has 0 unspecified atom stereocenters. The molecule has 0 bridgehead atoms. The van der Waals surface area contributed by atoms with Crippen LogP contribution in [-0.2, 0) is 17.6 Å². The van der Waals surface area contributed by atoms with Crippen molar-refractivity contribution in [2.45, 2.75) is 31.3 Å². The van der Waals surface area contributed by atoms with Crippen molar-refractivity contribution in [1.29, 1.82) is 0 Å². The van der Waals surface area contributed by atoms with E-state index in [1.807, 2.05) is 19.1 Å². The van der Waals surface area contributed by atoms with Crippen molar-refractivity contribution in [3.05, 3.63) is 74.5 Å². The van der Waals surface area contributed by atoms with Crippen LogP contribution >= 0.6 is 23.1 Å². The minimum atomic E-state index is -0.530. The molecule has 2 amide bonds. The zero-order valence-corrected chi connectivity index (χ0v) is 20.0. The van der Waals surface area contributed by atoms with E-state index in [0.29, 0.717) is 32.4 Å². The van der Waals surface area contributed by atoms with Gasteiger partial charge >= 0.3 is 0 Å². The Morgan fingerprint density at radius 1 is 1.21 bits per heavy atom. The Morgan fingerprint density at radius 3 is 2.79 bits per heavy atom. The van der Waals surface area contributed by atoms with Crippen LogP contribution in [0.5, 0.6) is 0 Å². The van der Waals surface area contributed by atoms with Gasteiger partial charge in [0, 0.05) is 11.1 Å². The standard InChI is InChI=1S/C24H21N5O3S2/c1-13-9-10-18(26-11-13)29-23(32)14-5-2-3-7-16(14)27-24(29)33-12-19(30)28-22-20(21(25)31)15-6-4-8-17(15)34-22/h2-3,5,7,9-11H,4,6,8,12H2,1H3,(H2,25,31)(H,28,30). The average Bonchev–Trinajstić information content (AvgIpc) is 3.39. The van der Waals surface area contributed by atoms with Crippen LogP contribution < -0.4 is 16.6 Å². The molecule has 3 aromatic heterocycles. The minimum Gasteiger partial charge on any atom is -0.365 e. The highest BCUT2D eigenvalue weighted by molar-refractivity contribution is 7.99. The Hall–Kier alpha value is -3.50. The Morgan fingerprint density at radius 2 is 2.03 bits per heavy atom. The molecule has 5 rings (SSSR count). The van der Waals surface area contributed by atoms with Crippen LogP contribution in [0.25, 0.3) is 16.7 Å². The lowest BCUT2D eigenvalue weighted by atomic mass is 10.1. The molecule has 0 spiro atoms. The van der Waals surface area contributed by atoms with Crippen LogP contribution in [0, 0.1) is 6.92 Å². The van der Waals surface area contributed by atoms with Crippen molar-refractivity contribution in [2.75, 3.05) is 11.1 Å². The Balaban J connectivity index is 1.45. The molecule has 1 aliphatic carbocycles. The topological polar surface area (TPSA) is 120 Å². The van der Waals surface area contributed by atoms with E-state index in [2.05, 4.69) is 15.3 Å². The second-order valence-electron chi connectivity index (χ2n) is 8.01. The van der Waals surface area contributed by atoms with E-state index in [1.165, 1.54) is 15.9 Å². The summed E-state index contributed by atoms with van der Waals surface area (Å²) in [6.45, 7) is 1.92. The number of para-hydroxylation sites is 1. The number of carbonyl (C=O) groups is 2. The maximum atomic E-state index is 13.3. The molecule has 0 saturated carbocycles. The minimum absolute atomic E-state index is 0.00257. The third-order valence-corrected chi connectivity index (χ3v) is 7.77. The monoisotopic (exact) mass is 491 g/mol. The number of nitrogens with zero attached hydrogens (tertiary/aromatic N) is 3. The maximum absolute atomic E-state index is 13.3. The van der Waals surface area contributed by atoms with E-state index < -0.39 is 5.91 Å². The van der Waals surface area contributed by atoms with Crippen molar-refractivity contribution in [1.82, 2.24) is 14.5 Å². The summed E-state index contributed by atoms with van der Waals surface area (Å²) in [7, 11) is 0. The molecule has 172 valence electrons. The second-order valence-corrected chi connectivity index (χ2v) is 10.1. The first-order valence-electron chi connectivity index (χ1n) is 10.7. The van der Waals surface area contributed by atoms with E-state index in [4.69, 9.17) is 5.73 Å². The fraction of sp³-hybridized carbons (Fsp3) is 0.208. The normalized spacial score (nSPS) is 12.6. The third-order valence-electron chi connectivity index (χ3n) is 5.62. The fourth-order valence-electron chi connectivity index (χ4n) is 4.05. The summed E-state index contributed by atoms with van der Waals surface area (Å²) in [5.74, 6) is -0.407. The summed E-state index contributed by atoms with van der Waals surface area (Å²) in [5.41, 5.74) is 8.22. The van der Waals surface area contributed by atoms with E-state index in [0.717, 1.165) is 47.0 Å². The zero-order chi connectivity index (χ0) is 23.8. The lowest BCUT2D eigenvalue weighted by molar-refractivity contribution is -0.113. The van der Waals surface area contributed by atoms with Crippen LogP contribution in [0.15, 0.2) is 52.5 Å². The van der Waals surface area contributed by atoms with Gasteiger partial charge in [-0.25, -0.2) is 14.5 Å². The first kappa shape index (κ1) is 22.3. The quantitative estimate of drug-likeness (QED) is 0.315. The maximum Gasteiger partial charge on any atom is 0.267 e. The molecular weight excluding hydrogens is 470 g/mol. The van der Waals surface area contributed by atoms with Crippen LogP contribution in [0.1, 0.15) is 32.8 Å². The smallest absolute Gasteiger partial charge is 0.267 e. The van der Waals surface area contributed by atoms with Gasteiger partial charge < -0.3 is 11.1 Å². The number of rotatable bonds is 6. The molecule has 3 N–H and O–H groups in total. The summed E-state index contributed by atoms with van der Waals surface area (Å²) < 4.78 is 1.42. The Kier molecular flexibility index (Phi) is 5.93. The van der Waals surface area contributed by atoms with Crippen molar-refractivity contribution in [3.63, 3.8) is 0 Å². The van der Waals surface area contributed by atoms with Gasteiger partial charge in [0.05, 0.1) is 22.2 Å². The van der Waals surface area contributed by atoms with Gasteiger partial charge in [-0.15, -0.1) is 11.3 Å². The number of nitrogens with one attached hydrogen (secondary N) is 1. The molecule has 8 nitrogen and oxygen atoms in total. The second kappa shape index (κ2) is 9.03. The molecule has 0 aliphatic heterocycles. The van der Waals surface area contributed by atoms with E-state index in [1.54, 1.807) is 30.5 Å². The van der Waals surface area contributed by atoms with Crippen molar-refractivity contribution in [3.8, 4) is 5.82 Å². The van der Waals surface area contributed by atoms with E-state index in [9.17, 15) is 14.4 Å². The van der Waals surface area contributed by atoms with Crippen LogP contribution in [-0.4, -0.2) is 32.1 Å². The lowest BCUT2D eigenvalue weighted by Crippen LogP contribution is -2.24. The van der Waals surface area contributed by atoms with E-state index in [-0.39, 0.29) is 17.2 Å². The van der Waals surface area contributed by atoms with Crippen molar-refractivity contribution < 1.29 is 9.59 Å². The van der Waals surface area contributed by atoms with E-state index >= 15 is 0 Å². The lowest BCUT2D eigenvalue weighted by Gasteiger charge is -2.12. The van der Waals surface area contributed by atoms with Gasteiger partial charge in [0.25, 0.3) is 11.5 Å². The van der Waals surface area contributed by atoms with Crippen LogP contribution in [0.4, 0.5) is 5.00 Å². The van der Waals surface area contributed by atoms with Gasteiger partial charge in [0.15, 0.2) is 5.16 Å². The summed E-state index contributed by atoms with van der Waals surface area (Å²) in [4.78, 5) is 48.2. The number of hydrogen-bond acceptors (Lipinski definition) is 7. The number of hydrogen-bond donors (Lipinski definition) is 2. The average molecular weight is 492 g/mol. The number of anilines is 1. The van der Waals surface area contributed by atoms with Gasteiger partial charge in [-0.05, 0) is 55.5 Å². The van der Waals surface area contributed by atoms with Gasteiger partial charge in [-0.2, -0.15) is 0 Å². The number of primary amides is 1. The van der Waals surface area contributed by atoms with Crippen molar-refractivity contribution in [2.24, 2.45) is 5.73 Å². The highest BCUT2D eigenvalue weighted by Gasteiger charge is 2.26. The molecule has 0 atom stereocenters. The highest BCUT2D eigenvalue weighted by atomic mass is 32.2. The Bertz CT molecular complexity index is 1490. The number of aryl methyl sites for hydroxylation is 2. The first-order chi connectivity index (χ1) is 16.4. The molecule has 0 radical (unpaired) electrons. The summed E-state index contributed by atoms with van der Waals surface area (Å²) in [6.07, 6.45) is 4.36. The molecule has 0 fully saturated rings. The van der Waals surface area contributed by atoms with Gasteiger partial charge in [0.2, 0.25) is 5.91 Å².